The highest BCUT2D eigenvalue weighted by Crippen LogP contribution is 2.28. The van der Waals surface area contributed by atoms with Gasteiger partial charge in [0.15, 0.2) is 5.13 Å². The SMILES string of the molecule is Cc1nc(Nc2ccc(CN3CCOCC3)cc2)cc(Nc2ncc(C(=O)Nc3c(C)cccc3Cl)s2)n1. The lowest BCUT2D eigenvalue weighted by Crippen LogP contribution is -2.35. The molecule has 0 aliphatic carbocycles. The number of nitrogens with one attached hydrogen (secondary N) is 3. The first kappa shape index (κ1) is 26.1. The van der Waals surface area contributed by atoms with Gasteiger partial charge in [-0.05, 0) is 43.2 Å². The molecular weight excluding hydrogens is 522 g/mol. The van der Waals surface area contributed by atoms with E-state index in [1.165, 1.54) is 23.1 Å². The third kappa shape index (κ3) is 6.65. The molecule has 0 bridgehead atoms. The Bertz CT molecular complexity index is 1400. The van der Waals surface area contributed by atoms with E-state index in [9.17, 15) is 4.79 Å². The van der Waals surface area contributed by atoms with Gasteiger partial charge in [-0.25, -0.2) is 15.0 Å². The molecule has 1 aliphatic rings. The monoisotopic (exact) mass is 549 g/mol. The van der Waals surface area contributed by atoms with E-state index in [0.717, 1.165) is 44.1 Å². The van der Waals surface area contributed by atoms with Crippen LogP contribution in [0, 0.1) is 13.8 Å². The van der Waals surface area contributed by atoms with E-state index in [1.54, 1.807) is 6.07 Å². The van der Waals surface area contributed by atoms with Gasteiger partial charge in [0.05, 0.1) is 30.1 Å². The Balaban J connectivity index is 1.22. The van der Waals surface area contributed by atoms with Crippen LogP contribution in [0.25, 0.3) is 0 Å². The number of carbonyl (C=O) groups is 1. The molecule has 5 rings (SSSR count). The summed E-state index contributed by atoms with van der Waals surface area (Å²) in [7, 11) is 0. The molecule has 1 saturated heterocycles. The summed E-state index contributed by atoms with van der Waals surface area (Å²) in [6.07, 6.45) is 1.53. The molecule has 38 heavy (non-hydrogen) atoms. The standard InChI is InChI=1S/C27H28ClN7O2S/c1-17-4-3-5-21(28)25(17)34-26(36)22-15-29-27(38-22)33-24-14-23(30-18(2)31-24)32-20-8-6-19(7-9-20)16-35-10-12-37-13-11-35/h3-9,14-15H,10-13,16H2,1-2H3,(H,34,36)(H2,29,30,31,32,33). The molecule has 1 amide bonds. The zero-order chi connectivity index (χ0) is 26.5. The topological polar surface area (TPSA) is 104 Å². The number of halogens is 1. The fraction of sp³-hybridized carbons (Fsp3) is 0.259. The molecule has 4 aromatic rings. The van der Waals surface area contributed by atoms with Gasteiger partial charge in [0.2, 0.25) is 0 Å². The average Bonchev–Trinajstić information content (AvgIpc) is 3.36. The maximum Gasteiger partial charge on any atom is 0.267 e. The predicted molar refractivity (Wildman–Crippen MR) is 152 cm³/mol. The number of hydrogen-bond acceptors (Lipinski definition) is 9. The zero-order valence-electron chi connectivity index (χ0n) is 21.1. The van der Waals surface area contributed by atoms with Gasteiger partial charge in [0.1, 0.15) is 22.3 Å². The average molecular weight is 550 g/mol. The van der Waals surface area contributed by atoms with Crippen LogP contribution in [0.1, 0.15) is 26.6 Å². The van der Waals surface area contributed by atoms with Crippen LogP contribution >= 0.6 is 22.9 Å². The maximum atomic E-state index is 12.8. The first-order valence-corrected chi connectivity index (χ1v) is 13.4. The summed E-state index contributed by atoms with van der Waals surface area (Å²) < 4.78 is 5.43. The van der Waals surface area contributed by atoms with Gasteiger partial charge in [-0.3, -0.25) is 9.69 Å². The van der Waals surface area contributed by atoms with Gasteiger partial charge in [-0.2, -0.15) is 0 Å². The number of morpholine rings is 1. The lowest BCUT2D eigenvalue weighted by molar-refractivity contribution is 0.0342. The van der Waals surface area contributed by atoms with E-state index >= 15 is 0 Å². The van der Waals surface area contributed by atoms with Gasteiger partial charge >= 0.3 is 0 Å². The number of para-hydroxylation sites is 1. The van der Waals surface area contributed by atoms with Crippen LogP contribution in [-0.4, -0.2) is 52.1 Å². The fourth-order valence-corrected chi connectivity index (χ4v) is 5.05. The van der Waals surface area contributed by atoms with Crippen molar-refractivity contribution >= 4 is 57.0 Å². The highest BCUT2D eigenvalue weighted by atomic mass is 35.5. The Hall–Kier alpha value is -3.57. The molecule has 0 radical (unpaired) electrons. The molecule has 0 unspecified atom stereocenters. The van der Waals surface area contributed by atoms with Gasteiger partial charge in [-0.15, -0.1) is 0 Å². The van der Waals surface area contributed by atoms with Crippen molar-refractivity contribution < 1.29 is 9.53 Å². The van der Waals surface area contributed by atoms with E-state index in [4.69, 9.17) is 16.3 Å². The smallest absolute Gasteiger partial charge is 0.267 e. The Morgan fingerprint density at radius 2 is 1.79 bits per heavy atom. The minimum Gasteiger partial charge on any atom is -0.379 e. The van der Waals surface area contributed by atoms with E-state index in [0.29, 0.717) is 38.2 Å². The molecule has 1 aliphatic heterocycles. The summed E-state index contributed by atoms with van der Waals surface area (Å²) in [5.74, 6) is 1.56. The minimum atomic E-state index is -0.273. The normalized spacial score (nSPS) is 13.8. The Labute approximate surface area is 230 Å². The maximum absolute atomic E-state index is 12.8. The number of benzene rings is 2. The largest absolute Gasteiger partial charge is 0.379 e. The number of nitrogens with zero attached hydrogens (tertiary/aromatic N) is 4. The minimum absolute atomic E-state index is 0.273. The highest BCUT2D eigenvalue weighted by molar-refractivity contribution is 7.17. The Kier molecular flexibility index (Phi) is 8.14. The second kappa shape index (κ2) is 11.9. The lowest BCUT2D eigenvalue weighted by Gasteiger charge is -2.26. The summed E-state index contributed by atoms with van der Waals surface area (Å²) in [6.45, 7) is 8.14. The van der Waals surface area contributed by atoms with Crippen molar-refractivity contribution in [2.75, 3.05) is 42.3 Å². The predicted octanol–water partition coefficient (Wildman–Crippen LogP) is 5.78. The first-order valence-electron chi connectivity index (χ1n) is 12.2. The molecule has 2 aromatic heterocycles. The second-order valence-corrected chi connectivity index (χ2v) is 10.4. The third-order valence-electron chi connectivity index (χ3n) is 6.00. The quantitative estimate of drug-likeness (QED) is 0.254. The number of ether oxygens (including phenoxy) is 1. The number of thiazole rings is 1. The van der Waals surface area contributed by atoms with Crippen LogP contribution < -0.4 is 16.0 Å². The molecule has 2 aromatic carbocycles. The number of aromatic nitrogens is 3. The molecule has 0 spiro atoms. The number of rotatable bonds is 8. The van der Waals surface area contributed by atoms with Crippen molar-refractivity contribution in [3.05, 3.63) is 81.6 Å². The zero-order valence-corrected chi connectivity index (χ0v) is 22.7. The summed E-state index contributed by atoms with van der Waals surface area (Å²) >= 11 is 7.47. The number of hydrogen-bond donors (Lipinski definition) is 3. The molecule has 9 nitrogen and oxygen atoms in total. The van der Waals surface area contributed by atoms with Crippen molar-refractivity contribution in [1.82, 2.24) is 19.9 Å². The van der Waals surface area contributed by atoms with Crippen molar-refractivity contribution in [2.45, 2.75) is 20.4 Å². The number of aryl methyl sites for hydroxylation is 2. The van der Waals surface area contributed by atoms with Crippen molar-refractivity contribution in [2.24, 2.45) is 0 Å². The number of amides is 1. The van der Waals surface area contributed by atoms with Crippen LogP contribution in [0.3, 0.4) is 0 Å². The van der Waals surface area contributed by atoms with Gasteiger partial charge in [-0.1, -0.05) is 47.2 Å². The van der Waals surface area contributed by atoms with Gasteiger partial charge < -0.3 is 20.7 Å². The summed E-state index contributed by atoms with van der Waals surface area (Å²) in [5.41, 5.74) is 3.67. The van der Waals surface area contributed by atoms with Crippen LogP contribution in [0.4, 0.5) is 28.1 Å². The molecule has 3 heterocycles. The van der Waals surface area contributed by atoms with Crippen LogP contribution in [0.2, 0.25) is 5.02 Å². The third-order valence-corrected chi connectivity index (χ3v) is 7.23. The van der Waals surface area contributed by atoms with Crippen molar-refractivity contribution in [1.29, 1.82) is 0 Å². The molecule has 0 saturated carbocycles. The molecule has 0 atom stereocenters. The number of anilines is 5. The van der Waals surface area contributed by atoms with E-state index in [-0.39, 0.29) is 5.91 Å². The first-order chi connectivity index (χ1) is 18.4. The lowest BCUT2D eigenvalue weighted by atomic mass is 10.2. The highest BCUT2D eigenvalue weighted by Gasteiger charge is 2.15. The Morgan fingerprint density at radius 1 is 1.05 bits per heavy atom. The van der Waals surface area contributed by atoms with Gasteiger partial charge in [0.25, 0.3) is 5.91 Å². The molecule has 11 heteroatoms. The van der Waals surface area contributed by atoms with E-state index in [2.05, 4.69) is 47.9 Å². The van der Waals surface area contributed by atoms with Crippen LogP contribution in [-0.2, 0) is 11.3 Å². The fourth-order valence-electron chi connectivity index (χ4n) is 4.07. The summed E-state index contributed by atoms with van der Waals surface area (Å²) in [5, 5.41) is 10.4. The van der Waals surface area contributed by atoms with Crippen LogP contribution in [0.5, 0.6) is 0 Å². The molecule has 3 N–H and O–H groups in total. The van der Waals surface area contributed by atoms with E-state index < -0.39 is 0 Å². The second-order valence-electron chi connectivity index (χ2n) is 8.94. The molecule has 196 valence electrons. The summed E-state index contributed by atoms with van der Waals surface area (Å²) in [4.78, 5) is 28.9. The number of carbonyl (C=O) groups excluding carboxylic acids is 1. The van der Waals surface area contributed by atoms with Gasteiger partial charge in [0, 0.05) is 31.4 Å². The van der Waals surface area contributed by atoms with Crippen LogP contribution in [0.15, 0.2) is 54.7 Å². The molecule has 1 fully saturated rings. The summed E-state index contributed by atoms with van der Waals surface area (Å²) in [6, 6.07) is 15.6. The van der Waals surface area contributed by atoms with Crippen molar-refractivity contribution in [3.63, 3.8) is 0 Å². The molecular formula is C27H28ClN7O2S. The van der Waals surface area contributed by atoms with E-state index in [1.807, 2.05) is 44.2 Å². The Morgan fingerprint density at radius 3 is 2.53 bits per heavy atom. The van der Waals surface area contributed by atoms with Crippen molar-refractivity contribution in [3.8, 4) is 0 Å².